The lowest BCUT2D eigenvalue weighted by molar-refractivity contribution is -0.0532. The normalized spacial score (nSPS) is 20.2. The summed E-state index contributed by atoms with van der Waals surface area (Å²) < 4.78 is 0. The number of nitrogen functional groups attached to an aromatic ring is 1. The van der Waals surface area contributed by atoms with Gasteiger partial charge in [-0.15, -0.1) is 12.4 Å². The Bertz CT molecular complexity index is 404. The van der Waals surface area contributed by atoms with Crippen molar-refractivity contribution in [2.45, 2.75) is 39.0 Å². The fourth-order valence-corrected chi connectivity index (χ4v) is 2.75. The first-order valence-corrected chi connectivity index (χ1v) is 5.76. The first-order valence-electron chi connectivity index (χ1n) is 5.76. The van der Waals surface area contributed by atoms with Gasteiger partial charge in [0.1, 0.15) is 6.23 Å². The quantitative estimate of drug-likeness (QED) is 0.757. The zero-order chi connectivity index (χ0) is 11.9. The highest BCUT2D eigenvalue weighted by Gasteiger charge is 2.36. The minimum Gasteiger partial charge on any atom is -0.399 e. The molecule has 1 aromatic rings. The summed E-state index contributed by atoms with van der Waals surface area (Å²) in [5, 5.41) is 9.79. The molecule has 0 saturated heterocycles. The summed E-state index contributed by atoms with van der Waals surface area (Å²) in [4.78, 5) is 2.12. The number of aliphatic hydroxyl groups is 1. The lowest BCUT2D eigenvalue weighted by Crippen LogP contribution is -2.50. The molecule has 1 aliphatic heterocycles. The number of halogens is 1. The molecular formula is C13H21ClN2O. The molecule has 1 unspecified atom stereocenters. The Morgan fingerprint density at radius 2 is 2.06 bits per heavy atom. The summed E-state index contributed by atoms with van der Waals surface area (Å²) in [6, 6.07) is 6.07. The third kappa shape index (κ3) is 2.41. The predicted octanol–water partition coefficient (Wildman–Crippen LogP) is 2.12. The van der Waals surface area contributed by atoms with Crippen molar-refractivity contribution < 1.29 is 5.11 Å². The molecule has 0 aliphatic carbocycles. The first kappa shape index (κ1) is 14.3. The molecule has 17 heavy (non-hydrogen) atoms. The molecule has 3 nitrogen and oxygen atoms in total. The number of hydrogen-bond donors (Lipinski definition) is 2. The lowest BCUT2D eigenvalue weighted by atomic mass is 9.83. The van der Waals surface area contributed by atoms with Crippen molar-refractivity contribution in [3.63, 3.8) is 0 Å². The number of benzene rings is 1. The van der Waals surface area contributed by atoms with Crippen LogP contribution in [0.4, 0.5) is 5.69 Å². The number of anilines is 1. The van der Waals surface area contributed by atoms with Gasteiger partial charge in [-0.2, -0.15) is 0 Å². The maximum Gasteiger partial charge on any atom is 0.105 e. The Labute approximate surface area is 109 Å². The van der Waals surface area contributed by atoms with E-state index in [1.807, 2.05) is 13.0 Å². The van der Waals surface area contributed by atoms with Gasteiger partial charge in [-0.25, -0.2) is 0 Å². The molecule has 2 rings (SSSR count). The van der Waals surface area contributed by atoms with Gasteiger partial charge in [0, 0.05) is 17.8 Å². The van der Waals surface area contributed by atoms with E-state index in [0.717, 1.165) is 18.7 Å². The van der Waals surface area contributed by atoms with Crippen LogP contribution in [0, 0.1) is 0 Å². The summed E-state index contributed by atoms with van der Waals surface area (Å²) in [5.41, 5.74) is 9.07. The Balaban J connectivity index is 0.00000144. The zero-order valence-corrected chi connectivity index (χ0v) is 11.4. The Morgan fingerprint density at radius 3 is 2.65 bits per heavy atom. The van der Waals surface area contributed by atoms with Crippen molar-refractivity contribution in [3.05, 3.63) is 29.3 Å². The van der Waals surface area contributed by atoms with Gasteiger partial charge in [-0.3, -0.25) is 4.90 Å². The van der Waals surface area contributed by atoms with Crippen LogP contribution in [0.5, 0.6) is 0 Å². The first-order chi connectivity index (χ1) is 7.43. The fraction of sp³-hybridized carbons (Fsp3) is 0.538. The average molecular weight is 257 g/mol. The van der Waals surface area contributed by atoms with E-state index < -0.39 is 6.23 Å². The summed E-state index contributed by atoms with van der Waals surface area (Å²) in [6.07, 6.45) is 0.537. The second-order valence-electron chi connectivity index (χ2n) is 5.05. The number of fused-ring (bicyclic) bond motifs is 1. The van der Waals surface area contributed by atoms with Crippen LogP contribution in [0.2, 0.25) is 0 Å². The predicted molar refractivity (Wildman–Crippen MR) is 73.2 cm³/mol. The maximum atomic E-state index is 9.79. The second-order valence-corrected chi connectivity index (χ2v) is 5.05. The SMILES string of the molecule is CC(O)N1CCc2cc(N)ccc2C1(C)C.Cl. The minimum atomic E-state index is -0.416. The maximum absolute atomic E-state index is 9.79. The van der Waals surface area contributed by atoms with Gasteiger partial charge in [0.25, 0.3) is 0 Å². The van der Waals surface area contributed by atoms with E-state index in [2.05, 4.69) is 30.9 Å². The lowest BCUT2D eigenvalue weighted by Gasteiger charge is -2.45. The van der Waals surface area contributed by atoms with Crippen LogP contribution < -0.4 is 5.73 Å². The topological polar surface area (TPSA) is 49.5 Å². The highest BCUT2D eigenvalue weighted by molar-refractivity contribution is 5.85. The van der Waals surface area contributed by atoms with Crippen molar-refractivity contribution >= 4 is 18.1 Å². The monoisotopic (exact) mass is 256 g/mol. The van der Waals surface area contributed by atoms with Crippen molar-refractivity contribution in [3.8, 4) is 0 Å². The molecule has 0 saturated carbocycles. The van der Waals surface area contributed by atoms with E-state index in [9.17, 15) is 5.11 Å². The Kier molecular flexibility index (Phi) is 4.07. The molecule has 0 spiro atoms. The number of nitrogens with two attached hydrogens (primary N) is 1. The standard InChI is InChI=1S/C13H20N2O.ClH/c1-9(16)15-7-6-10-8-11(14)4-5-12(10)13(15,2)3;/h4-5,8-9,16H,6-7,14H2,1-3H3;1H. The second kappa shape index (κ2) is 4.84. The smallest absolute Gasteiger partial charge is 0.105 e. The Hall–Kier alpha value is -0.770. The molecule has 1 aliphatic rings. The number of hydrogen-bond acceptors (Lipinski definition) is 3. The largest absolute Gasteiger partial charge is 0.399 e. The van der Waals surface area contributed by atoms with E-state index in [1.165, 1.54) is 11.1 Å². The minimum absolute atomic E-state index is 0. The van der Waals surface area contributed by atoms with Gasteiger partial charge in [-0.1, -0.05) is 6.07 Å². The molecule has 1 atom stereocenters. The van der Waals surface area contributed by atoms with Gasteiger partial charge in [-0.05, 0) is 50.5 Å². The van der Waals surface area contributed by atoms with Crippen LogP contribution in [0.15, 0.2) is 18.2 Å². The van der Waals surface area contributed by atoms with Gasteiger partial charge >= 0.3 is 0 Å². The summed E-state index contributed by atoms with van der Waals surface area (Å²) >= 11 is 0. The van der Waals surface area contributed by atoms with Crippen LogP contribution in [0.25, 0.3) is 0 Å². The van der Waals surface area contributed by atoms with Crippen LogP contribution in [-0.2, 0) is 12.0 Å². The molecule has 0 fully saturated rings. The fourth-order valence-electron chi connectivity index (χ4n) is 2.75. The van der Waals surface area contributed by atoms with Gasteiger partial charge in [0.15, 0.2) is 0 Å². The molecule has 0 radical (unpaired) electrons. The molecule has 4 heteroatoms. The molecule has 96 valence electrons. The summed E-state index contributed by atoms with van der Waals surface area (Å²) in [6.45, 7) is 6.99. The van der Waals surface area contributed by atoms with E-state index in [0.29, 0.717) is 0 Å². The molecule has 1 aromatic carbocycles. The molecule has 0 bridgehead atoms. The third-order valence-corrected chi connectivity index (χ3v) is 3.58. The average Bonchev–Trinajstić information content (AvgIpc) is 2.15. The Morgan fingerprint density at radius 1 is 1.41 bits per heavy atom. The van der Waals surface area contributed by atoms with Crippen LogP contribution in [0.1, 0.15) is 31.9 Å². The van der Waals surface area contributed by atoms with Crippen LogP contribution in [-0.4, -0.2) is 22.8 Å². The summed E-state index contributed by atoms with van der Waals surface area (Å²) in [5.74, 6) is 0. The number of nitrogens with zero attached hydrogens (tertiary/aromatic N) is 1. The van der Waals surface area contributed by atoms with Gasteiger partial charge < -0.3 is 10.8 Å². The number of rotatable bonds is 1. The van der Waals surface area contributed by atoms with E-state index >= 15 is 0 Å². The van der Waals surface area contributed by atoms with Crippen LogP contribution >= 0.6 is 12.4 Å². The molecule has 1 heterocycles. The zero-order valence-electron chi connectivity index (χ0n) is 10.6. The van der Waals surface area contributed by atoms with Crippen molar-refractivity contribution in [1.82, 2.24) is 4.90 Å². The highest BCUT2D eigenvalue weighted by atomic mass is 35.5. The third-order valence-electron chi connectivity index (χ3n) is 3.58. The van der Waals surface area contributed by atoms with Gasteiger partial charge in [0.2, 0.25) is 0 Å². The molecule has 3 N–H and O–H groups in total. The van der Waals surface area contributed by atoms with Gasteiger partial charge in [0.05, 0.1) is 0 Å². The van der Waals surface area contributed by atoms with Crippen molar-refractivity contribution in [1.29, 1.82) is 0 Å². The van der Waals surface area contributed by atoms with Crippen LogP contribution in [0.3, 0.4) is 0 Å². The van der Waals surface area contributed by atoms with E-state index in [-0.39, 0.29) is 17.9 Å². The van der Waals surface area contributed by atoms with E-state index in [1.54, 1.807) is 0 Å². The highest BCUT2D eigenvalue weighted by Crippen LogP contribution is 2.36. The van der Waals surface area contributed by atoms with Crippen molar-refractivity contribution in [2.24, 2.45) is 0 Å². The molecule has 0 amide bonds. The summed E-state index contributed by atoms with van der Waals surface area (Å²) in [7, 11) is 0. The van der Waals surface area contributed by atoms with Crippen molar-refractivity contribution in [2.75, 3.05) is 12.3 Å². The number of aliphatic hydroxyl groups excluding tert-OH is 1. The molecule has 0 aromatic heterocycles. The molecular weight excluding hydrogens is 236 g/mol. The van der Waals surface area contributed by atoms with E-state index in [4.69, 9.17) is 5.73 Å².